The summed E-state index contributed by atoms with van der Waals surface area (Å²) in [7, 11) is 0. The van der Waals surface area contributed by atoms with Gasteiger partial charge >= 0.3 is 11.9 Å². The minimum absolute atomic E-state index is 0.126. The highest BCUT2D eigenvalue weighted by Crippen LogP contribution is 2.22. The van der Waals surface area contributed by atoms with Gasteiger partial charge in [-0.2, -0.15) is 0 Å². The number of carbonyl (C=O) groups excluding carboxylic acids is 2. The van der Waals surface area contributed by atoms with Gasteiger partial charge in [-0.25, -0.2) is 0 Å². The lowest BCUT2D eigenvalue weighted by Crippen LogP contribution is -2.24. The average Bonchev–Trinajstić information content (AvgIpc) is 2.30. The number of rotatable bonds is 9. The van der Waals surface area contributed by atoms with Crippen molar-refractivity contribution in [1.29, 1.82) is 0 Å². The highest BCUT2D eigenvalue weighted by molar-refractivity contribution is 5.70. The van der Waals surface area contributed by atoms with Gasteiger partial charge < -0.3 is 9.47 Å². The lowest BCUT2D eigenvalue weighted by molar-refractivity contribution is -0.153. The molecule has 0 heterocycles. The van der Waals surface area contributed by atoms with E-state index in [-0.39, 0.29) is 18.0 Å². The molecule has 0 unspecified atom stereocenters. The van der Waals surface area contributed by atoms with Crippen LogP contribution in [0, 0.1) is 0 Å². The molecule has 1 rings (SSSR count). The molecule has 0 aromatic rings. The Labute approximate surface area is 109 Å². The first kappa shape index (κ1) is 15.0. The molecule has 1 fully saturated rings. The van der Waals surface area contributed by atoms with Crippen LogP contribution in [0.15, 0.2) is 0 Å². The lowest BCUT2D eigenvalue weighted by atomic mass is 9.96. The predicted octanol–water partition coefficient (Wildman–Crippen LogP) is 2.99. The monoisotopic (exact) mass is 256 g/mol. The Morgan fingerprint density at radius 1 is 1.06 bits per heavy atom. The maximum Gasteiger partial charge on any atom is 0.306 e. The summed E-state index contributed by atoms with van der Waals surface area (Å²) in [5, 5.41) is 0. The largest absolute Gasteiger partial charge is 0.466 e. The molecule has 0 bridgehead atoms. The van der Waals surface area contributed by atoms with Crippen molar-refractivity contribution in [2.75, 3.05) is 6.61 Å². The van der Waals surface area contributed by atoms with Gasteiger partial charge in [0.2, 0.25) is 0 Å². The summed E-state index contributed by atoms with van der Waals surface area (Å²) in [5.74, 6) is -0.283. The molecule has 0 amide bonds. The molecule has 18 heavy (non-hydrogen) atoms. The van der Waals surface area contributed by atoms with Crippen LogP contribution in [0.1, 0.15) is 64.7 Å². The van der Waals surface area contributed by atoms with E-state index in [1.165, 1.54) is 6.42 Å². The van der Waals surface area contributed by atoms with Crippen LogP contribution in [0.3, 0.4) is 0 Å². The second-order valence-electron chi connectivity index (χ2n) is 4.82. The minimum Gasteiger partial charge on any atom is -0.466 e. The van der Waals surface area contributed by atoms with Crippen molar-refractivity contribution >= 4 is 11.9 Å². The Morgan fingerprint density at radius 2 is 1.72 bits per heavy atom. The summed E-state index contributed by atoms with van der Waals surface area (Å²) in [5.41, 5.74) is 0. The lowest BCUT2D eigenvalue weighted by Gasteiger charge is -2.25. The predicted molar refractivity (Wildman–Crippen MR) is 68.1 cm³/mol. The van der Waals surface area contributed by atoms with E-state index in [9.17, 15) is 9.59 Å². The van der Waals surface area contributed by atoms with Gasteiger partial charge in [0.25, 0.3) is 0 Å². The molecule has 1 aliphatic rings. The fraction of sp³-hybridized carbons (Fsp3) is 0.857. The smallest absolute Gasteiger partial charge is 0.306 e. The van der Waals surface area contributed by atoms with Crippen molar-refractivity contribution in [3.63, 3.8) is 0 Å². The topological polar surface area (TPSA) is 52.6 Å². The molecule has 0 saturated heterocycles. The van der Waals surface area contributed by atoms with Crippen molar-refractivity contribution in [2.24, 2.45) is 0 Å². The van der Waals surface area contributed by atoms with Crippen LogP contribution >= 0.6 is 0 Å². The van der Waals surface area contributed by atoms with Crippen LogP contribution in [0.2, 0.25) is 0 Å². The van der Waals surface area contributed by atoms with E-state index in [4.69, 9.17) is 9.47 Å². The van der Waals surface area contributed by atoms with E-state index in [0.717, 1.165) is 25.7 Å². The molecule has 4 heteroatoms. The average molecular weight is 256 g/mol. The molecule has 0 N–H and O–H groups in total. The van der Waals surface area contributed by atoms with Gasteiger partial charge in [0.1, 0.15) is 6.10 Å². The summed E-state index contributed by atoms with van der Waals surface area (Å²) in [6.07, 6.45) is 7.52. The van der Waals surface area contributed by atoms with Crippen LogP contribution < -0.4 is 0 Å². The van der Waals surface area contributed by atoms with Gasteiger partial charge in [-0.05, 0) is 38.5 Å². The Bertz CT molecular complexity index is 259. The summed E-state index contributed by atoms with van der Waals surface area (Å²) < 4.78 is 10.2. The zero-order valence-corrected chi connectivity index (χ0v) is 11.3. The summed E-state index contributed by atoms with van der Waals surface area (Å²) in [6.45, 7) is 2.57. The molecule has 1 aliphatic carbocycles. The van der Waals surface area contributed by atoms with E-state index in [1.807, 2.05) is 0 Å². The third-order valence-electron chi connectivity index (χ3n) is 3.12. The standard InChI is InChI=1S/C14H24O4/c1-2-3-11-17-13(15)9-4-5-10-14(16)18-12-7-6-8-12/h12H,2-11H2,1H3. The van der Waals surface area contributed by atoms with Crippen molar-refractivity contribution < 1.29 is 19.1 Å². The number of esters is 2. The maximum absolute atomic E-state index is 11.4. The highest BCUT2D eigenvalue weighted by atomic mass is 16.5. The van der Waals surface area contributed by atoms with Crippen LogP contribution in [0.25, 0.3) is 0 Å². The van der Waals surface area contributed by atoms with Crippen molar-refractivity contribution in [3.05, 3.63) is 0 Å². The van der Waals surface area contributed by atoms with E-state index in [1.54, 1.807) is 0 Å². The molecule has 4 nitrogen and oxygen atoms in total. The van der Waals surface area contributed by atoms with Crippen LogP contribution in [0.5, 0.6) is 0 Å². The first-order valence-electron chi connectivity index (χ1n) is 7.07. The molecule has 0 aromatic carbocycles. The molecular weight excluding hydrogens is 232 g/mol. The Balaban J connectivity index is 1.90. The fourth-order valence-electron chi connectivity index (χ4n) is 1.67. The van der Waals surface area contributed by atoms with E-state index < -0.39 is 0 Å². The minimum atomic E-state index is -0.157. The van der Waals surface area contributed by atoms with E-state index >= 15 is 0 Å². The number of ether oxygens (including phenoxy) is 2. The van der Waals surface area contributed by atoms with Gasteiger partial charge in [-0.15, -0.1) is 0 Å². The Hall–Kier alpha value is -1.06. The molecule has 0 spiro atoms. The van der Waals surface area contributed by atoms with Gasteiger partial charge in [0.05, 0.1) is 6.61 Å². The van der Waals surface area contributed by atoms with Gasteiger partial charge in [0.15, 0.2) is 0 Å². The molecule has 104 valence electrons. The zero-order chi connectivity index (χ0) is 13.2. The van der Waals surface area contributed by atoms with Gasteiger partial charge in [-0.1, -0.05) is 13.3 Å². The van der Waals surface area contributed by atoms with Crippen LogP contribution in [-0.4, -0.2) is 24.6 Å². The van der Waals surface area contributed by atoms with Gasteiger partial charge in [0, 0.05) is 12.8 Å². The summed E-state index contributed by atoms with van der Waals surface area (Å²) in [4.78, 5) is 22.6. The van der Waals surface area contributed by atoms with Crippen molar-refractivity contribution in [1.82, 2.24) is 0 Å². The summed E-state index contributed by atoms with van der Waals surface area (Å²) in [6, 6.07) is 0. The fourth-order valence-corrected chi connectivity index (χ4v) is 1.67. The third-order valence-corrected chi connectivity index (χ3v) is 3.12. The Kier molecular flexibility index (Phi) is 7.46. The molecule has 0 aliphatic heterocycles. The number of hydrogen-bond donors (Lipinski definition) is 0. The number of carbonyl (C=O) groups is 2. The second-order valence-corrected chi connectivity index (χ2v) is 4.82. The first-order valence-corrected chi connectivity index (χ1v) is 7.07. The zero-order valence-electron chi connectivity index (χ0n) is 11.3. The Morgan fingerprint density at radius 3 is 2.28 bits per heavy atom. The molecule has 0 aromatic heterocycles. The molecule has 1 saturated carbocycles. The molecule has 0 radical (unpaired) electrons. The van der Waals surface area contributed by atoms with Crippen LogP contribution in [-0.2, 0) is 19.1 Å². The number of hydrogen-bond acceptors (Lipinski definition) is 4. The van der Waals surface area contributed by atoms with E-state index in [2.05, 4.69) is 6.92 Å². The molecular formula is C14H24O4. The first-order chi connectivity index (χ1) is 8.72. The second kappa shape index (κ2) is 8.95. The quantitative estimate of drug-likeness (QED) is 0.470. The van der Waals surface area contributed by atoms with Crippen molar-refractivity contribution in [2.45, 2.75) is 70.8 Å². The summed E-state index contributed by atoms with van der Waals surface area (Å²) >= 11 is 0. The SMILES string of the molecule is CCCCOC(=O)CCCCC(=O)OC1CCC1. The molecule has 0 atom stereocenters. The van der Waals surface area contributed by atoms with Crippen LogP contribution in [0.4, 0.5) is 0 Å². The third kappa shape index (κ3) is 6.62. The van der Waals surface area contributed by atoms with Crippen molar-refractivity contribution in [3.8, 4) is 0 Å². The van der Waals surface area contributed by atoms with E-state index in [0.29, 0.717) is 32.3 Å². The maximum atomic E-state index is 11.4. The highest BCUT2D eigenvalue weighted by Gasteiger charge is 2.21. The number of unbranched alkanes of at least 4 members (excludes halogenated alkanes) is 2. The normalized spacial score (nSPS) is 14.9. The van der Waals surface area contributed by atoms with Gasteiger partial charge in [-0.3, -0.25) is 9.59 Å².